The molecule has 0 N–H and O–H groups in total. The number of hydrogen-bond donors (Lipinski definition) is 0. The van der Waals surface area contributed by atoms with Gasteiger partial charge in [0.05, 0.1) is 16.7 Å². The summed E-state index contributed by atoms with van der Waals surface area (Å²) >= 11 is -3.36. The third-order valence-corrected chi connectivity index (χ3v) is 5.00. The minimum absolute atomic E-state index is 0.507. The lowest BCUT2D eigenvalue weighted by atomic mass is 10.1. The van der Waals surface area contributed by atoms with E-state index in [1.165, 1.54) is 0 Å². The molecule has 0 amide bonds. The summed E-state index contributed by atoms with van der Waals surface area (Å²) in [5.41, 5.74) is -2.04. The second kappa shape index (κ2) is 6.10. The van der Waals surface area contributed by atoms with Gasteiger partial charge < -0.3 is 9.29 Å². The van der Waals surface area contributed by atoms with Crippen molar-refractivity contribution < 1.29 is 40.0 Å². The molecule has 10 heteroatoms. The van der Waals surface area contributed by atoms with Crippen molar-refractivity contribution in [3.8, 4) is 11.5 Å². The van der Waals surface area contributed by atoms with Crippen molar-refractivity contribution in [2.24, 2.45) is 0 Å². The maximum absolute atomic E-state index is 13.7. The molecule has 0 unspecified atom stereocenters. The van der Waals surface area contributed by atoms with Crippen LogP contribution in [-0.4, -0.2) is 9.81 Å². The monoisotopic (exact) mass is 384 g/mol. The summed E-state index contributed by atoms with van der Waals surface area (Å²) in [4.78, 5) is -1.07. The Labute approximate surface area is 139 Å². The van der Waals surface area contributed by atoms with Crippen LogP contribution in [0.3, 0.4) is 0 Å². The lowest BCUT2D eigenvalue weighted by Gasteiger charge is -2.16. The summed E-state index contributed by atoms with van der Waals surface area (Å²) in [5, 5.41) is -4.37. The quantitative estimate of drug-likeness (QED) is 0.523. The van der Waals surface area contributed by atoms with Gasteiger partial charge in [-0.15, -0.1) is 0 Å². The molecule has 0 spiro atoms. The molecule has 0 aromatic heterocycles. The van der Waals surface area contributed by atoms with Crippen LogP contribution in [0, 0.1) is 11.6 Å². The summed E-state index contributed by atoms with van der Waals surface area (Å²) in [5.74, 6) is -3.40. The fraction of sp³-hybridized carbons (Fsp3) is 0.200. The molecule has 2 atom stereocenters. The van der Waals surface area contributed by atoms with Gasteiger partial charge in [0, 0.05) is 18.2 Å². The standard InChI is InChI=1S/C15H7F7O2S/c16-6-3-7(17)5-8(4-6)24-10-2-1-9-12(11(10)14(19)20)25(23)15(21,22)13(9)18/h1-5,13-14H/t13-,25-/m0/s1. The highest BCUT2D eigenvalue weighted by Crippen LogP contribution is 2.55. The van der Waals surface area contributed by atoms with E-state index in [0.717, 1.165) is 12.1 Å². The second-order valence-electron chi connectivity index (χ2n) is 5.10. The Morgan fingerprint density at radius 3 is 2.24 bits per heavy atom. The third kappa shape index (κ3) is 2.93. The van der Waals surface area contributed by atoms with E-state index in [-0.39, 0.29) is 0 Å². The number of ether oxygens (including phenoxy) is 1. The molecule has 0 saturated heterocycles. The molecule has 0 aliphatic carbocycles. The van der Waals surface area contributed by atoms with E-state index in [0.29, 0.717) is 18.2 Å². The van der Waals surface area contributed by atoms with E-state index < -0.39 is 68.2 Å². The molecular formula is C15H7F7O2S. The minimum Gasteiger partial charge on any atom is -0.607 e. The number of alkyl halides is 5. The van der Waals surface area contributed by atoms with Crippen LogP contribution in [0.25, 0.3) is 0 Å². The van der Waals surface area contributed by atoms with Crippen LogP contribution in [0.15, 0.2) is 35.2 Å². The maximum Gasteiger partial charge on any atom is 0.447 e. The van der Waals surface area contributed by atoms with E-state index >= 15 is 0 Å². The minimum atomic E-state index is -4.37. The van der Waals surface area contributed by atoms with Crippen molar-refractivity contribution >= 4 is 11.2 Å². The fourth-order valence-electron chi connectivity index (χ4n) is 2.43. The zero-order valence-electron chi connectivity index (χ0n) is 11.9. The normalized spacial score (nSPS) is 21.5. The SMILES string of the molecule is [O-][S@@+]1c2c(ccc(Oc3cc(F)cc(F)c3)c2C(F)F)[C@H](F)C1(F)F. The van der Waals surface area contributed by atoms with Gasteiger partial charge >= 0.3 is 5.25 Å². The van der Waals surface area contributed by atoms with Crippen molar-refractivity contribution in [1.82, 2.24) is 0 Å². The van der Waals surface area contributed by atoms with E-state index in [1.807, 2.05) is 0 Å². The lowest BCUT2D eigenvalue weighted by molar-refractivity contribution is 0.0102. The molecular weight excluding hydrogens is 377 g/mol. The van der Waals surface area contributed by atoms with Crippen molar-refractivity contribution in [1.29, 1.82) is 0 Å². The summed E-state index contributed by atoms with van der Waals surface area (Å²) in [7, 11) is 0. The molecule has 0 saturated carbocycles. The highest BCUT2D eigenvalue weighted by molar-refractivity contribution is 7.93. The van der Waals surface area contributed by atoms with Gasteiger partial charge in [-0.05, 0) is 12.1 Å². The van der Waals surface area contributed by atoms with Gasteiger partial charge in [0.25, 0.3) is 6.43 Å². The molecule has 1 heterocycles. The first kappa shape index (κ1) is 17.9. The van der Waals surface area contributed by atoms with Crippen LogP contribution < -0.4 is 4.74 Å². The Hall–Kier alpha value is -1.94. The maximum atomic E-state index is 13.7. The van der Waals surface area contributed by atoms with Crippen LogP contribution >= 0.6 is 0 Å². The van der Waals surface area contributed by atoms with Gasteiger partial charge in [-0.25, -0.2) is 22.0 Å². The number of hydrogen-bond acceptors (Lipinski definition) is 2. The van der Waals surface area contributed by atoms with Gasteiger partial charge in [-0.2, -0.15) is 8.78 Å². The third-order valence-electron chi connectivity index (χ3n) is 3.47. The number of rotatable bonds is 3. The van der Waals surface area contributed by atoms with Gasteiger partial charge in [0.1, 0.15) is 28.7 Å². The summed E-state index contributed by atoms with van der Waals surface area (Å²) in [6, 6.07) is 3.35. The highest BCUT2D eigenvalue weighted by Gasteiger charge is 2.63. The van der Waals surface area contributed by atoms with Gasteiger partial charge in [0.15, 0.2) is 4.90 Å². The van der Waals surface area contributed by atoms with E-state index in [1.54, 1.807) is 0 Å². The van der Waals surface area contributed by atoms with Crippen molar-refractivity contribution in [3.05, 3.63) is 53.1 Å². The summed E-state index contributed by atoms with van der Waals surface area (Å²) < 4.78 is 111. The smallest absolute Gasteiger partial charge is 0.447 e. The molecule has 0 radical (unpaired) electrons. The van der Waals surface area contributed by atoms with Gasteiger partial charge in [-0.1, -0.05) is 0 Å². The highest BCUT2D eigenvalue weighted by atomic mass is 32.2. The largest absolute Gasteiger partial charge is 0.607 e. The van der Waals surface area contributed by atoms with E-state index in [9.17, 15) is 35.3 Å². The number of fused-ring (bicyclic) bond motifs is 1. The first-order valence-electron chi connectivity index (χ1n) is 6.65. The zero-order chi connectivity index (χ0) is 18.5. The van der Waals surface area contributed by atoms with Gasteiger partial charge in [0.2, 0.25) is 6.17 Å². The average Bonchev–Trinajstić information content (AvgIpc) is 2.67. The Morgan fingerprint density at radius 2 is 1.68 bits per heavy atom. The first-order valence-corrected chi connectivity index (χ1v) is 7.80. The molecule has 0 fully saturated rings. The van der Waals surface area contributed by atoms with E-state index in [4.69, 9.17) is 4.74 Å². The Balaban J connectivity index is 2.12. The first-order chi connectivity index (χ1) is 11.6. The molecule has 0 bridgehead atoms. The zero-order valence-corrected chi connectivity index (χ0v) is 12.7. The molecule has 2 nitrogen and oxygen atoms in total. The summed E-state index contributed by atoms with van der Waals surface area (Å²) in [6.07, 6.45) is -6.45. The summed E-state index contributed by atoms with van der Waals surface area (Å²) in [6.45, 7) is 0. The molecule has 2 aromatic rings. The number of benzene rings is 2. The van der Waals surface area contributed by atoms with E-state index in [2.05, 4.69) is 0 Å². The van der Waals surface area contributed by atoms with Crippen molar-refractivity contribution in [3.63, 3.8) is 0 Å². The fourth-order valence-corrected chi connectivity index (χ4v) is 3.79. The van der Waals surface area contributed by atoms with Crippen LogP contribution in [-0.2, 0) is 11.2 Å². The molecule has 1 aliphatic heterocycles. The topological polar surface area (TPSA) is 32.3 Å². The Bertz CT molecular complexity index is 808. The number of halogens is 7. The van der Waals surface area contributed by atoms with Gasteiger partial charge in [-0.3, -0.25) is 0 Å². The molecule has 3 rings (SSSR count). The lowest BCUT2D eigenvalue weighted by Crippen LogP contribution is -2.27. The average molecular weight is 384 g/mol. The predicted octanol–water partition coefficient (Wildman–Crippen LogP) is 5.42. The van der Waals surface area contributed by atoms with Crippen molar-refractivity contribution in [2.75, 3.05) is 0 Å². The second-order valence-corrected chi connectivity index (χ2v) is 6.59. The van der Waals surface area contributed by atoms with Crippen LogP contribution in [0.5, 0.6) is 11.5 Å². The van der Waals surface area contributed by atoms with Crippen LogP contribution in [0.2, 0.25) is 0 Å². The molecule has 1 aliphatic rings. The Morgan fingerprint density at radius 1 is 1.08 bits per heavy atom. The molecule has 25 heavy (non-hydrogen) atoms. The Kier molecular flexibility index (Phi) is 4.36. The van der Waals surface area contributed by atoms with Crippen molar-refractivity contribution in [2.45, 2.75) is 22.7 Å². The molecule has 134 valence electrons. The predicted molar refractivity (Wildman–Crippen MR) is 73.0 cm³/mol. The van der Waals surface area contributed by atoms with Crippen LogP contribution in [0.1, 0.15) is 23.7 Å². The van der Waals surface area contributed by atoms with Crippen LogP contribution in [0.4, 0.5) is 30.7 Å². The molecule has 2 aromatic carbocycles.